The summed E-state index contributed by atoms with van der Waals surface area (Å²) in [6, 6.07) is 16.2. The van der Waals surface area contributed by atoms with E-state index in [-0.39, 0.29) is 0 Å². The molecule has 0 atom stereocenters. The first-order valence-corrected chi connectivity index (χ1v) is 5.51. The Hall–Kier alpha value is -2.29. The van der Waals surface area contributed by atoms with Gasteiger partial charge in [-0.3, -0.25) is 0 Å². The molecule has 0 fully saturated rings. The third-order valence-electron chi connectivity index (χ3n) is 2.86. The lowest BCUT2D eigenvalue weighted by Crippen LogP contribution is -2.28. The lowest BCUT2D eigenvalue weighted by atomic mass is 10.2. The molecule has 0 aliphatic rings. The van der Waals surface area contributed by atoms with E-state index < -0.39 is 0 Å². The monoisotopic (exact) mass is 225 g/mol. The molecule has 2 aromatic carbocycles. The minimum atomic E-state index is 0.859. The van der Waals surface area contributed by atoms with E-state index in [4.69, 9.17) is 4.74 Å². The van der Waals surface area contributed by atoms with Gasteiger partial charge in [0, 0.05) is 0 Å². The lowest BCUT2D eigenvalue weighted by molar-refractivity contribution is -0.567. The van der Waals surface area contributed by atoms with E-state index in [1.54, 1.807) is 7.11 Å². The van der Waals surface area contributed by atoms with E-state index >= 15 is 0 Å². The molecule has 3 heteroatoms. The highest BCUT2D eigenvalue weighted by molar-refractivity contribution is 5.78. The molecule has 0 amide bonds. The van der Waals surface area contributed by atoms with E-state index in [1.165, 1.54) is 0 Å². The minimum absolute atomic E-state index is 0.859. The van der Waals surface area contributed by atoms with Gasteiger partial charge in [-0.15, -0.1) is 0 Å². The first kappa shape index (κ1) is 9.90. The molecule has 1 N–H and O–H groups in total. The number of nitrogens with one attached hydrogen (secondary N) is 1. The molecule has 0 unspecified atom stereocenters. The third kappa shape index (κ3) is 1.56. The van der Waals surface area contributed by atoms with E-state index in [0.29, 0.717) is 0 Å². The number of methoxy groups -OCH3 is 1. The molecule has 3 nitrogen and oxygen atoms in total. The quantitative estimate of drug-likeness (QED) is 0.667. The molecular weight excluding hydrogens is 212 g/mol. The summed E-state index contributed by atoms with van der Waals surface area (Å²) < 4.78 is 7.44. The molecule has 0 saturated carbocycles. The molecule has 3 rings (SSSR count). The number of nitrogens with zero attached hydrogens (tertiary/aromatic N) is 1. The Morgan fingerprint density at radius 2 is 1.82 bits per heavy atom. The van der Waals surface area contributed by atoms with Crippen molar-refractivity contribution in [1.82, 2.24) is 4.98 Å². The fraction of sp³-hybridized carbons (Fsp3) is 0.0714. The van der Waals surface area contributed by atoms with Gasteiger partial charge in [0.1, 0.15) is 5.69 Å². The van der Waals surface area contributed by atoms with E-state index in [1.807, 2.05) is 36.7 Å². The minimum Gasteiger partial charge on any atom is -0.492 e. The van der Waals surface area contributed by atoms with Crippen LogP contribution in [0.2, 0.25) is 0 Å². The van der Waals surface area contributed by atoms with Crippen LogP contribution in [0.1, 0.15) is 0 Å². The van der Waals surface area contributed by atoms with Gasteiger partial charge in [-0.2, -0.15) is 4.57 Å². The van der Waals surface area contributed by atoms with Crippen molar-refractivity contribution >= 4 is 11.0 Å². The molecule has 0 bridgehead atoms. The average molecular weight is 225 g/mol. The zero-order chi connectivity index (χ0) is 11.7. The molecule has 0 aliphatic heterocycles. The number of H-pyrrole nitrogens is 1. The molecular formula is C14H13N2O+. The first-order valence-electron chi connectivity index (χ1n) is 5.51. The maximum absolute atomic E-state index is 5.33. The van der Waals surface area contributed by atoms with Crippen molar-refractivity contribution in [3.8, 4) is 11.4 Å². The number of hydrogen-bond donors (Lipinski definition) is 1. The Labute approximate surface area is 99.3 Å². The van der Waals surface area contributed by atoms with Gasteiger partial charge >= 0.3 is 0 Å². The van der Waals surface area contributed by atoms with Crippen LogP contribution in [0, 0.1) is 0 Å². The van der Waals surface area contributed by atoms with Gasteiger partial charge < -0.3 is 4.74 Å². The van der Waals surface area contributed by atoms with Crippen molar-refractivity contribution < 1.29 is 9.30 Å². The van der Waals surface area contributed by atoms with Crippen LogP contribution >= 0.6 is 0 Å². The number of fused-ring (bicyclic) bond motifs is 1. The van der Waals surface area contributed by atoms with Crippen molar-refractivity contribution in [3.63, 3.8) is 0 Å². The maximum Gasteiger partial charge on any atom is 0.247 e. The topological polar surface area (TPSA) is 28.9 Å². The van der Waals surface area contributed by atoms with Gasteiger partial charge in [-0.25, -0.2) is 4.98 Å². The summed E-state index contributed by atoms with van der Waals surface area (Å²) in [7, 11) is 1.68. The van der Waals surface area contributed by atoms with Crippen LogP contribution < -0.4 is 9.30 Å². The maximum atomic E-state index is 5.33. The second kappa shape index (κ2) is 3.94. The number of imidazole rings is 1. The number of aromatic amines is 1. The number of para-hydroxylation sites is 2. The van der Waals surface area contributed by atoms with E-state index in [2.05, 4.69) is 27.8 Å². The number of rotatable bonds is 2. The van der Waals surface area contributed by atoms with Gasteiger partial charge in [0.2, 0.25) is 11.8 Å². The van der Waals surface area contributed by atoms with E-state index in [9.17, 15) is 0 Å². The van der Waals surface area contributed by atoms with E-state index in [0.717, 1.165) is 22.5 Å². The SMILES string of the molecule is COc1cccc2c1[nH]c[n+]2-c1ccccc1. The Balaban J connectivity index is 2.26. The second-order valence-electron chi connectivity index (χ2n) is 3.83. The summed E-state index contributed by atoms with van der Waals surface area (Å²) in [4.78, 5) is 3.24. The Morgan fingerprint density at radius 1 is 1.00 bits per heavy atom. The van der Waals surface area contributed by atoms with Crippen molar-refractivity contribution in [2.24, 2.45) is 0 Å². The molecule has 3 aromatic rings. The second-order valence-corrected chi connectivity index (χ2v) is 3.83. The molecule has 0 spiro atoms. The van der Waals surface area contributed by atoms with Crippen LogP contribution in [0.15, 0.2) is 54.9 Å². The van der Waals surface area contributed by atoms with Gasteiger partial charge in [0.15, 0.2) is 11.3 Å². The van der Waals surface area contributed by atoms with Crippen molar-refractivity contribution in [1.29, 1.82) is 0 Å². The highest BCUT2D eigenvalue weighted by Gasteiger charge is 2.14. The normalized spacial score (nSPS) is 10.6. The highest BCUT2D eigenvalue weighted by Crippen LogP contribution is 2.21. The summed E-state index contributed by atoms with van der Waals surface area (Å²) in [6.07, 6.45) is 1.95. The summed E-state index contributed by atoms with van der Waals surface area (Å²) in [6.45, 7) is 0. The largest absolute Gasteiger partial charge is 0.492 e. The zero-order valence-corrected chi connectivity index (χ0v) is 9.55. The molecule has 17 heavy (non-hydrogen) atoms. The van der Waals surface area contributed by atoms with Crippen molar-refractivity contribution in [3.05, 3.63) is 54.9 Å². The molecule has 0 aliphatic carbocycles. The predicted octanol–water partition coefficient (Wildman–Crippen LogP) is 2.45. The fourth-order valence-corrected chi connectivity index (χ4v) is 2.04. The van der Waals surface area contributed by atoms with Crippen molar-refractivity contribution in [2.45, 2.75) is 0 Å². The molecule has 0 saturated heterocycles. The molecule has 1 heterocycles. The Morgan fingerprint density at radius 3 is 2.59 bits per heavy atom. The smallest absolute Gasteiger partial charge is 0.247 e. The number of aromatic nitrogens is 2. The molecule has 1 aromatic heterocycles. The van der Waals surface area contributed by atoms with Crippen LogP contribution in [0.4, 0.5) is 0 Å². The van der Waals surface area contributed by atoms with Crippen LogP contribution in [-0.2, 0) is 0 Å². The Bertz CT molecular complexity index is 644. The summed E-state index contributed by atoms with van der Waals surface area (Å²) in [5, 5.41) is 0. The highest BCUT2D eigenvalue weighted by atomic mass is 16.5. The van der Waals surface area contributed by atoms with Gasteiger partial charge in [-0.1, -0.05) is 24.3 Å². The van der Waals surface area contributed by atoms with Crippen LogP contribution in [0.3, 0.4) is 0 Å². The lowest BCUT2D eigenvalue weighted by Gasteiger charge is -1.98. The number of hydrogen-bond acceptors (Lipinski definition) is 1. The van der Waals surface area contributed by atoms with Gasteiger partial charge in [0.05, 0.1) is 7.11 Å². The van der Waals surface area contributed by atoms with Gasteiger partial charge in [-0.05, 0) is 24.3 Å². The number of ether oxygens (including phenoxy) is 1. The van der Waals surface area contributed by atoms with Crippen LogP contribution in [0.25, 0.3) is 16.7 Å². The zero-order valence-electron chi connectivity index (χ0n) is 9.55. The average Bonchev–Trinajstić information content (AvgIpc) is 2.83. The van der Waals surface area contributed by atoms with Gasteiger partial charge in [0.25, 0.3) is 0 Å². The number of benzene rings is 2. The predicted molar refractivity (Wildman–Crippen MR) is 66.4 cm³/mol. The third-order valence-corrected chi connectivity index (χ3v) is 2.86. The summed E-state index contributed by atoms with van der Waals surface area (Å²) in [5.41, 5.74) is 3.25. The van der Waals surface area contributed by atoms with Crippen molar-refractivity contribution in [2.75, 3.05) is 7.11 Å². The summed E-state index contributed by atoms with van der Waals surface area (Å²) >= 11 is 0. The molecule has 84 valence electrons. The van der Waals surface area contributed by atoms with Crippen LogP contribution in [0.5, 0.6) is 5.75 Å². The summed E-state index contributed by atoms with van der Waals surface area (Å²) in [5.74, 6) is 0.859. The first-order chi connectivity index (χ1) is 8.40. The fourth-order valence-electron chi connectivity index (χ4n) is 2.04. The molecule has 0 radical (unpaired) electrons. The standard InChI is InChI=1S/C14H12N2O/c1-17-13-9-5-8-12-14(13)15-10-16(12)11-6-3-2-4-7-11/h2-10H,1H3/p+1. The Kier molecular flexibility index (Phi) is 2.29. The van der Waals surface area contributed by atoms with Crippen LogP contribution in [-0.4, -0.2) is 12.1 Å².